The highest BCUT2D eigenvalue weighted by Gasteiger charge is 2.12. The number of carbonyl (C=O) groups is 1. The molecule has 0 spiro atoms. The summed E-state index contributed by atoms with van der Waals surface area (Å²) in [5, 5.41) is 3.67. The van der Waals surface area contributed by atoms with Crippen molar-refractivity contribution >= 4 is 33.6 Å². The number of amides is 1. The molecule has 0 fully saturated rings. The molecule has 1 amide bonds. The lowest BCUT2D eigenvalue weighted by molar-refractivity contribution is -0.118. The number of fused-ring (bicyclic) bond motifs is 1. The van der Waals surface area contributed by atoms with Gasteiger partial charge in [-0.1, -0.05) is 45.9 Å². The van der Waals surface area contributed by atoms with E-state index in [1.165, 1.54) is 11.8 Å². The highest BCUT2D eigenvalue weighted by atomic mass is 79.9. The largest absolute Gasteiger partial charge is 0.486 e. The number of ether oxygens (including phenoxy) is 2. The number of aromatic nitrogens is 2. The first-order valence-electron chi connectivity index (χ1n) is 9.26. The first-order chi connectivity index (χ1) is 14.2. The smallest absolute Gasteiger partial charge is 0.230 e. The van der Waals surface area contributed by atoms with Gasteiger partial charge in [0.25, 0.3) is 0 Å². The van der Waals surface area contributed by atoms with E-state index in [9.17, 15) is 4.79 Å². The zero-order valence-corrected chi connectivity index (χ0v) is 18.0. The average Bonchev–Trinajstić information content (AvgIpc) is 3.22. The van der Waals surface area contributed by atoms with Crippen LogP contribution in [-0.4, -0.2) is 41.4 Å². The molecular weight excluding hydrogens is 454 g/mol. The van der Waals surface area contributed by atoms with Gasteiger partial charge in [0.15, 0.2) is 16.7 Å². The highest BCUT2D eigenvalue weighted by molar-refractivity contribution is 9.10. The van der Waals surface area contributed by atoms with Crippen LogP contribution in [0.5, 0.6) is 11.5 Å². The summed E-state index contributed by atoms with van der Waals surface area (Å²) < 4.78 is 12.1. The molecule has 29 heavy (non-hydrogen) atoms. The maximum atomic E-state index is 12.1. The number of carbonyl (C=O) groups excluding carboxylic acids is 1. The van der Waals surface area contributed by atoms with Crippen LogP contribution in [0, 0.1) is 0 Å². The van der Waals surface area contributed by atoms with E-state index < -0.39 is 0 Å². The second kappa shape index (κ2) is 9.37. The van der Waals surface area contributed by atoms with E-state index in [1.807, 2.05) is 42.5 Å². The van der Waals surface area contributed by atoms with E-state index >= 15 is 0 Å². The highest BCUT2D eigenvalue weighted by Crippen LogP contribution is 2.30. The van der Waals surface area contributed by atoms with E-state index in [-0.39, 0.29) is 5.91 Å². The van der Waals surface area contributed by atoms with Crippen molar-refractivity contribution in [3.05, 3.63) is 58.7 Å². The molecular formula is C21H20BrN3O3S. The van der Waals surface area contributed by atoms with E-state index in [1.54, 1.807) is 6.20 Å². The number of imidazole rings is 1. The zero-order valence-electron chi connectivity index (χ0n) is 15.6. The van der Waals surface area contributed by atoms with Gasteiger partial charge in [-0.25, -0.2) is 4.98 Å². The Morgan fingerprint density at radius 2 is 1.93 bits per heavy atom. The molecule has 0 radical (unpaired) electrons. The molecule has 150 valence electrons. The van der Waals surface area contributed by atoms with Crippen molar-refractivity contribution < 1.29 is 14.3 Å². The van der Waals surface area contributed by atoms with E-state index in [0.29, 0.717) is 25.5 Å². The standard InChI is InChI=1S/C21H20BrN3O3S/c22-16-4-2-15(3-5-16)17-12-24-21(25-17)29-13-20(26)23-8-7-14-1-6-18-19(11-14)28-10-9-27-18/h1-6,11-12H,7-10,13H2,(H,23,26)(H,24,25). The molecule has 0 atom stereocenters. The van der Waals surface area contributed by atoms with E-state index in [4.69, 9.17) is 9.47 Å². The number of hydrogen-bond donors (Lipinski definition) is 2. The van der Waals surface area contributed by atoms with Crippen LogP contribution in [0.3, 0.4) is 0 Å². The van der Waals surface area contributed by atoms with Gasteiger partial charge in [0.05, 0.1) is 17.6 Å². The Bertz CT molecular complexity index is 991. The normalized spacial score (nSPS) is 12.6. The zero-order chi connectivity index (χ0) is 20.1. The Labute approximate surface area is 181 Å². The van der Waals surface area contributed by atoms with Gasteiger partial charge in [-0.05, 0) is 41.8 Å². The third-order valence-electron chi connectivity index (χ3n) is 4.39. The summed E-state index contributed by atoms with van der Waals surface area (Å²) in [7, 11) is 0. The average molecular weight is 474 g/mol. The van der Waals surface area contributed by atoms with Gasteiger partial charge < -0.3 is 19.8 Å². The lowest BCUT2D eigenvalue weighted by atomic mass is 10.1. The number of nitrogens with one attached hydrogen (secondary N) is 2. The lowest BCUT2D eigenvalue weighted by Crippen LogP contribution is -2.27. The van der Waals surface area contributed by atoms with Crippen molar-refractivity contribution in [2.24, 2.45) is 0 Å². The minimum absolute atomic E-state index is 0.0193. The van der Waals surface area contributed by atoms with Gasteiger partial charge >= 0.3 is 0 Å². The molecule has 1 aromatic heterocycles. The number of aromatic amines is 1. The molecule has 1 aliphatic rings. The quantitative estimate of drug-likeness (QED) is 0.506. The van der Waals surface area contributed by atoms with Crippen molar-refractivity contribution in [1.29, 1.82) is 0 Å². The maximum Gasteiger partial charge on any atom is 0.230 e. The van der Waals surface area contributed by atoms with Crippen LogP contribution in [0.2, 0.25) is 0 Å². The SMILES string of the molecule is O=C(CSc1ncc(-c2ccc(Br)cc2)[nH]1)NCCc1ccc2c(c1)OCCO2. The Balaban J connectivity index is 1.22. The second-order valence-corrected chi connectivity index (χ2v) is 8.36. The molecule has 0 saturated heterocycles. The molecule has 1 aliphatic heterocycles. The van der Waals surface area contributed by atoms with Gasteiger partial charge in [0.1, 0.15) is 13.2 Å². The van der Waals surface area contributed by atoms with Crippen LogP contribution in [-0.2, 0) is 11.2 Å². The topological polar surface area (TPSA) is 76.2 Å². The number of rotatable bonds is 7. The van der Waals surface area contributed by atoms with Crippen LogP contribution < -0.4 is 14.8 Å². The molecule has 0 bridgehead atoms. The van der Waals surface area contributed by atoms with Crippen LogP contribution in [0.1, 0.15) is 5.56 Å². The van der Waals surface area contributed by atoms with Crippen molar-refractivity contribution in [3.8, 4) is 22.8 Å². The number of H-pyrrole nitrogens is 1. The fraction of sp³-hybridized carbons (Fsp3) is 0.238. The van der Waals surface area contributed by atoms with Crippen LogP contribution in [0.25, 0.3) is 11.3 Å². The van der Waals surface area contributed by atoms with E-state index in [2.05, 4.69) is 31.2 Å². The summed E-state index contributed by atoms with van der Waals surface area (Å²) in [6, 6.07) is 13.9. The Morgan fingerprint density at radius 3 is 2.76 bits per heavy atom. The predicted octanol–water partition coefficient (Wildman–Crippen LogP) is 4.06. The van der Waals surface area contributed by atoms with Gasteiger partial charge in [0.2, 0.25) is 5.91 Å². The Morgan fingerprint density at radius 1 is 1.14 bits per heavy atom. The third-order valence-corrected chi connectivity index (χ3v) is 5.81. The minimum Gasteiger partial charge on any atom is -0.486 e. The number of nitrogens with zero attached hydrogens (tertiary/aromatic N) is 1. The summed E-state index contributed by atoms with van der Waals surface area (Å²) in [5.41, 5.74) is 3.09. The van der Waals surface area contributed by atoms with Gasteiger partial charge in [-0.15, -0.1) is 0 Å². The third kappa shape index (κ3) is 5.33. The number of hydrogen-bond acceptors (Lipinski definition) is 5. The van der Waals surface area contributed by atoms with Gasteiger partial charge in [-0.3, -0.25) is 4.79 Å². The summed E-state index contributed by atoms with van der Waals surface area (Å²) in [5.74, 6) is 1.85. The van der Waals surface area contributed by atoms with Crippen molar-refractivity contribution in [2.75, 3.05) is 25.5 Å². The summed E-state index contributed by atoms with van der Waals surface area (Å²) in [6.07, 6.45) is 2.52. The molecule has 2 N–H and O–H groups in total. The monoisotopic (exact) mass is 473 g/mol. The van der Waals surface area contributed by atoms with Crippen molar-refractivity contribution in [3.63, 3.8) is 0 Å². The molecule has 0 unspecified atom stereocenters. The number of halogens is 1. The van der Waals surface area contributed by atoms with Crippen molar-refractivity contribution in [1.82, 2.24) is 15.3 Å². The Kier molecular flexibility index (Phi) is 6.41. The predicted molar refractivity (Wildman–Crippen MR) is 117 cm³/mol. The molecule has 8 heteroatoms. The van der Waals surface area contributed by atoms with Crippen molar-refractivity contribution in [2.45, 2.75) is 11.6 Å². The summed E-state index contributed by atoms with van der Waals surface area (Å²) in [4.78, 5) is 19.7. The van der Waals surface area contributed by atoms with Crippen LogP contribution in [0.4, 0.5) is 0 Å². The summed E-state index contributed by atoms with van der Waals surface area (Å²) >= 11 is 4.82. The fourth-order valence-electron chi connectivity index (χ4n) is 2.93. The number of benzene rings is 2. The molecule has 0 aliphatic carbocycles. The molecule has 3 aromatic rings. The second-order valence-electron chi connectivity index (χ2n) is 6.48. The van der Waals surface area contributed by atoms with E-state index in [0.717, 1.165) is 44.4 Å². The van der Waals surface area contributed by atoms with Crippen LogP contribution in [0.15, 0.2) is 58.3 Å². The molecule has 2 heterocycles. The summed E-state index contributed by atoms with van der Waals surface area (Å²) in [6.45, 7) is 1.72. The van der Waals surface area contributed by atoms with Crippen LogP contribution >= 0.6 is 27.7 Å². The Hall–Kier alpha value is -2.45. The maximum absolute atomic E-state index is 12.1. The first kappa shape index (κ1) is 19.8. The molecule has 4 rings (SSSR count). The molecule has 2 aromatic carbocycles. The lowest BCUT2D eigenvalue weighted by Gasteiger charge is -2.18. The molecule has 0 saturated carbocycles. The first-order valence-corrected chi connectivity index (χ1v) is 11.0. The molecule has 6 nitrogen and oxygen atoms in total. The fourth-order valence-corrected chi connectivity index (χ4v) is 3.87. The minimum atomic E-state index is -0.0193. The van der Waals surface area contributed by atoms with Gasteiger partial charge in [-0.2, -0.15) is 0 Å². The number of thioether (sulfide) groups is 1. The van der Waals surface area contributed by atoms with Gasteiger partial charge in [0, 0.05) is 11.0 Å².